The number of fused-ring (bicyclic) bond motifs is 11. The maximum absolute atomic E-state index is 7.08. The highest BCUT2D eigenvalue weighted by molar-refractivity contribution is 7.26. The smallest absolute Gasteiger partial charge is 0.188 e. The molecule has 0 saturated carbocycles. The second kappa shape index (κ2) is 14.0. The molecule has 14 rings (SSSR count). The summed E-state index contributed by atoms with van der Waals surface area (Å²) in [5.74, 6) is 1.84. The Morgan fingerprint density at radius 2 is 0.785 bits per heavy atom. The Bertz CT molecular complexity index is 3940. The van der Waals surface area contributed by atoms with Crippen molar-refractivity contribution in [3.8, 4) is 34.0 Å². The van der Waals surface area contributed by atoms with Crippen molar-refractivity contribution in [1.82, 2.24) is 9.13 Å². The molecule has 0 aliphatic carbocycles. The molecule has 0 saturated heterocycles. The van der Waals surface area contributed by atoms with Gasteiger partial charge in [0.2, 0.25) is 0 Å². The van der Waals surface area contributed by atoms with E-state index in [0.717, 1.165) is 22.9 Å². The summed E-state index contributed by atoms with van der Waals surface area (Å²) >= 11 is 1.89. The molecule has 1 aliphatic rings. The number of benzene rings is 10. The largest absolute Gasteiger partial charge is 0.457 e. The fraction of sp³-hybridized carbons (Fsp3) is 0. The van der Waals surface area contributed by atoms with Gasteiger partial charge in [-0.3, -0.25) is 0 Å². The summed E-state index contributed by atoms with van der Waals surface area (Å²) in [7, 11) is -3.01. The highest BCUT2D eigenvalue weighted by Crippen LogP contribution is 2.38. The summed E-state index contributed by atoms with van der Waals surface area (Å²) in [5.41, 5.74) is 9.42. The zero-order chi connectivity index (χ0) is 42.6. The molecule has 0 amide bonds. The summed E-state index contributed by atoms with van der Waals surface area (Å²) in [6, 6.07) is 85.3. The van der Waals surface area contributed by atoms with E-state index < -0.39 is 8.07 Å². The van der Waals surface area contributed by atoms with Crippen LogP contribution in [-0.2, 0) is 0 Å². The normalized spacial score (nSPS) is 14.6. The number of hydrogen-bond acceptors (Lipinski definition) is 2. The molecular weight excluding hydrogens is 825 g/mol. The SMILES string of the molecule is c1ccc2c(c1)Oc1cc(-n3c4ccccc4c4ccccc43)ccc1[Si]2(c1ccc(-c2ccc(-n3c4ccccc4c4ccccc43)cc2)cc1)c1ccc2c(c1)sc1ccccc12. The van der Waals surface area contributed by atoms with E-state index in [1.807, 2.05) is 11.3 Å². The van der Waals surface area contributed by atoms with Crippen molar-refractivity contribution in [2.45, 2.75) is 0 Å². The number of aromatic nitrogens is 2. The lowest BCUT2D eigenvalue weighted by Gasteiger charge is -2.39. The van der Waals surface area contributed by atoms with E-state index in [-0.39, 0.29) is 0 Å². The molecule has 4 heterocycles. The molecule has 1 atom stereocenters. The Morgan fingerprint density at radius 1 is 0.323 bits per heavy atom. The van der Waals surface area contributed by atoms with E-state index in [0.29, 0.717) is 0 Å². The van der Waals surface area contributed by atoms with E-state index in [2.05, 4.69) is 240 Å². The Balaban J connectivity index is 0.956. The molecule has 1 aliphatic heterocycles. The van der Waals surface area contributed by atoms with Crippen LogP contribution in [0.1, 0.15) is 0 Å². The maximum atomic E-state index is 7.08. The van der Waals surface area contributed by atoms with Crippen LogP contribution in [0.25, 0.3) is 86.3 Å². The van der Waals surface area contributed by atoms with Gasteiger partial charge in [0, 0.05) is 59.2 Å². The summed E-state index contributed by atoms with van der Waals surface area (Å²) in [6.07, 6.45) is 0. The first-order valence-electron chi connectivity index (χ1n) is 22.2. The molecule has 0 radical (unpaired) electrons. The topological polar surface area (TPSA) is 19.1 Å². The van der Waals surface area contributed by atoms with Crippen LogP contribution in [0.5, 0.6) is 11.5 Å². The Hall–Kier alpha value is -7.96. The van der Waals surface area contributed by atoms with Gasteiger partial charge in [-0.2, -0.15) is 0 Å². The van der Waals surface area contributed by atoms with Crippen molar-refractivity contribution in [2.75, 3.05) is 0 Å². The van der Waals surface area contributed by atoms with Gasteiger partial charge in [-0.05, 0) is 92.5 Å². The third-order valence-electron chi connectivity index (χ3n) is 13.9. The van der Waals surface area contributed by atoms with E-state index in [9.17, 15) is 0 Å². The van der Waals surface area contributed by atoms with Crippen molar-refractivity contribution in [3.05, 3.63) is 231 Å². The maximum Gasteiger partial charge on any atom is 0.188 e. The lowest BCUT2D eigenvalue weighted by molar-refractivity contribution is 0.487. The lowest BCUT2D eigenvalue weighted by atomic mass is 10.1. The molecule has 304 valence electrons. The molecule has 3 aromatic heterocycles. The number of rotatable bonds is 5. The van der Waals surface area contributed by atoms with E-state index in [4.69, 9.17) is 4.74 Å². The standard InChI is InChI=1S/C60H38N2OSSi/c1-6-18-51-45(13-1)46-14-2-7-19-52(46)61(51)41-29-25-39(26-30-41)40-27-32-43(33-28-40)65(44-34-35-50-49-17-5-11-23-57(49)64-58(50)38-44)59-24-12-10-22-55(59)63-56-37-42(31-36-60(56)65)62-53-20-8-3-15-47(53)48-16-4-9-21-54(48)62/h1-38H. The predicted octanol–water partition coefficient (Wildman–Crippen LogP) is 13.4. The molecular formula is C60H38N2OSSi. The monoisotopic (exact) mass is 862 g/mol. The van der Waals surface area contributed by atoms with Crippen molar-refractivity contribution >= 4 is 104 Å². The first-order valence-corrected chi connectivity index (χ1v) is 25.1. The van der Waals surface area contributed by atoms with Crippen molar-refractivity contribution in [1.29, 1.82) is 0 Å². The highest BCUT2D eigenvalue weighted by atomic mass is 32.1. The molecule has 65 heavy (non-hydrogen) atoms. The minimum Gasteiger partial charge on any atom is -0.457 e. The highest BCUT2D eigenvalue weighted by Gasteiger charge is 2.48. The molecule has 1 unspecified atom stereocenters. The zero-order valence-corrected chi connectivity index (χ0v) is 37.0. The second-order valence-corrected chi connectivity index (χ2v) is 22.0. The van der Waals surface area contributed by atoms with Crippen LogP contribution in [0.2, 0.25) is 0 Å². The van der Waals surface area contributed by atoms with E-state index in [1.54, 1.807) is 0 Å². The molecule has 3 nitrogen and oxygen atoms in total. The molecule has 0 bridgehead atoms. The van der Waals surface area contributed by atoms with Crippen LogP contribution in [0, 0.1) is 0 Å². The van der Waals surface area contributed by atoms with Gasteiger partial charge in [0.25, 0.3) is 0 Å². The molecule has 0 N–H and O–H groups in total. The summed E-state index contributed by atoms with van der Waals surface area (Å²) in [6.45, 7) is 0. The molecule has 13 aromatic rings. The number of hydrogen-bond donors (Lipinski definition) is 0. The lowest BCUT2D eigenvalue weighted by Crippen LogP contribution is -2.76. The first-order chi connectivity index (χ1) is 32.2. The van der Waals surface area contributed by atoms with Crippen LogP contribution < -0.4 is 25.5 Å². The van der Waals surface area contributed by atoms with Crippen LogP contribution in [0.3, 0.4) is 0 Å². The van der Waals surface area contributed by atoms with Gasteiger partial charge in [-0.1, -0.05) is 164 Å². The first kappa shape index (κ1) is 36.5. The van der Waals surface area contributed by atoms with Crippen molar-refractivity contribution in [3.63, 3.8) is 0 Å². The van der Waals surface area contributed by atoms with Crippen molar-refractivity contribution < 1.29 is 4.74 Å². The third-order valence-corrected chi connectivity index (χ3v) is 19.8. The van der Waals surface area contributed by atoms with Crippen LogP contribution in [0.15, 0.2) is 231 Å². The number of para-hydroxylation sites is 5. The predicted molar refractivity (Wildman–Crippen MR) is 277 cm³/mol. The van der Waals surface area contributed by atoms with E-state index in [1.165, 1.54) is 95.7 Å². The quantitative estimate of drug-likeness (QED) is 0.158. The van der Waals surface area contributed by atoms with Crippen LogP contribution >= 0.6 is 11.3 Å². The second-order valence-electron chi connectivity index (χ2n) is 17.2. The molecule has 0 spiro atoms. The molecule has 0 fully saturated rings. The van der Waals surface area contributed by atoms with E-state index >= 15 is 0 Å². The number of nitrogens with zero attached hydrogens (tertiary/aromatic N) is 2. The number of thiophene rings is 1. The van der Waals surface area contributed by atoms with Crippen molar-refractivity contribution in [2.24, 2.45) is 0 Å². The summed E-state index contributed by atoms with van der Waals surface area (Å²) in [4.78, 5) is 0. The summed E-state index contributed by atoms with van der Waals surface area (Å²) in [5, 5.41) is 12.8. The van der Waals surface area contributed by atoms with Crippen LogP contribution in [-0.4, -0.2) is 17.2 Å². The minimum atomic E-state index is -3.01. The molecule has 5 heteroatoms. The number of ether oxygens (including phenoxy) is 1. The Kier molecular flexibility index (Phi) is 7.87. The fourth-order valence-corrected chi connectivity index (χ4v) is 17.2. The van der Waals surface area contributed by atoms with Gasteiger partial charge in [-0.15, -0.1) is 11.3 Å². The van der Waals surface area contributed by atoms with Gasteiger partial charge in [0.05, 0.1) is 22.1 Å². The third kappa shape index (κ3) is 5.28. The summed E-state index contributed by atoms with van der Waals surface area (Å²) < 4.78 is 14.5. The minimum absolute atomic E-state index is 0.913. The fourth-order valence-electron chi connectivity index (χ4n) is 11.0. The van der Waals surface area contributed by atoms with Gasteiger partial charge >= 0.3 is 0 Å². The van der Waals surface area contributed by atoms with Gasteiger partial charge in [0.1, 0.15) is 11.5 Å². The van der Waals surface area contributed by atoms with Gasteiger partial charge < -0.3 is 13.9 Å². The average molecular weight is 863 g/mol. The zero-order valence-electron chi connectivity index (χ0n) is 35.2. The Morgan fingerprint density at radius 3 is 1.42 bits per heavy atom. The van der Waals surface area contributed by atoms with Gasteiger partial charge in [-0.25, -0.2) is 0 Å². The Labute approximate surface area is 380 Å². The van der Waals surface area contributed by atoms with Gasteiger partial charge in [0.15, 0.2) is 8.07 Å². The molecule has 10 aromatic carbocycles. The average Bonchev–Trinajstić information content (AvgIpc) is 4.03. The van der Waals surface area contributed by atoms with Crippen LogP contribution in [0.4, 0.5) is 0 Å².